The molecule has 1 aliphatic rings. The molecule has 3 heterocycles. The van der Waals surface area contributed by atoms with Gasteiger partial charge < -0.3 is 10.1 Å². The van der Waals surface area contributed by atoms with Crippen LogP contribution in [0.25, 0.3) is 5.65 Å². The van der Waals surface area contributed by atoms with E-state index in [1.54, 1.807) is 17.5 Å². The first-order valence-corrected chi connectivity index (χ1v) is 6.67. The summed E-state index contributed by atoms with van der Waals surface area (Å²) in [6, 6.07) is 4.92. The molecule has 106 valence electrons. The first-order chi connectivity index (χ1) is 9.66. The maximum absolute atomic E-state index is 13.6. The number of ether oxygens (including phenoxy) is 1. The molecule has 5 nitrogen and oxygen atoms in total. The molecular weight excluding hydrogens is 261 g/mol. The lowest BCUT2D eigenvalue weighted by atomic mass is 10.1. The van der Waals surface area contributed by atoms with E-state index in [-0.39, 0.29) is 5.91 Å². The molecule has 1 aliphatic heterocycles. The zero-order chi connectivity index (χ0) is 14.1. The number of amides is 1. The summed E-state index contributed by atoms with van der Waals surface area (Å²) in [6.45, 7) is 2.17. The summed E-state index contributed by atoms with van der Waals surface area (Å²) >= 11 is 0. The largest absolute Gasteiger partial charge is 0.347 e. The van der Waals surface area contributed by atoms with Crippen LogP contribution in [0, 0.1) is 6.92 Å². The number of aromatic nitrogens is 2. The summed E-state index contributed by atoms with van der Waals surface area (Å²) in [7, 11) is 0. The number of carbonyl (C=O) groups is 1. The summed E-state index contributed by atoms with van der Waals surface area (Å²) in [6.07, 6.45) is 1.67. The Morgan fingerprint density at radius 2 is 2.40 bits per heavy atom. The van der Waals surface area contributed by atoms with Crippen molar-refractivity contribution >= 4 is 11.6 Å². The molecule has 2 aromatic rings. The molecule has 1 amide bonds. The molecule has 1 N–H and O–H groups in total. The molecule has 20 heavy (non-hydrogen) atoms. The van der Waals surface area contributed by atoms with Crippen molar-refractivity contribution in [2.24, 2.45) is 0 Å². The van der Waals surface area contributed by atoms with Crippen molar-refractivity contribution in [3.05, 3.63) is 35.8 Å². The van der Waals surface area contributed by atoms with Crippen molar-refractivity contribution in [2.45, 2.75) is 32.2 Å². The lowest BCUT2D eigenvalue weighted by Crippen LogP contribution is -2.45. The van der Waals surface area contributed by atoms with E-state index >= 15 is 0 Å². The number of imidazole rings is 1. The van der Waals surface area contributed by atoms with Crippen LogP contribution in [-0.2, 0) is 4.74 Å². The molecule has 2 aromatic heterocycles. The van der Waals surface area contributed by atoms with E-state index in [9.17, 15) is 9.18 Å². The average molecular weight is 277 g/mol. The van der Waals surface area contributed by atoms with E-state index in [0.29, 0.717) is 30.1 Å². The maximum atomic E-state index is 13.6. The third-order valence-corrected chi connectivity index (χ3v) is 3.49. The van der Waals surface area contributed by atoms with Gasteiger partial charge in [0.25, 0.3) is 5.91 Å². The van der Waals surface area contributed by atoms with E-state index < -0.39 is 12.4 Å². The summed E-state index contributed by atoms with van der Waals surface area (Å²) in [4.78, 5) is 16.7. The van der Waals surface area contributed by atoms with Gasteiger partial charge in [0, 0.05) is 6.20 Å². The standard InChI is InChI=1S/C14H16FN3O2/c1-9-12(18-7-3-2-6-11(18)16-9)14(19)17-10-5-4-8-20-13(10)15/h2-3,6-7,10,13H,4-5,8H2,1H3,(H,17,19). The van der Waals surface area contributed by atoms with Gasteiger partial charge in [-0.2, -0.15) is 0 Å². The lowest BCUT2D eigenvalue weighted by Gasteiger charge is -2.26. The number of hydrogen-bond acceptors (Lipinski definition) is 3. The Balaban J connectivity index is 1.87. The van der Waals surface area contributed by atoms with Crippen LogP contribution in [0.4, 0.5) is 4.39 Å². The predicted octanol–water partition coefficient (Wildman–Crippen LogP) is 1.85. The van der Waals surface area contributed by atoms with E-state index in [0.717, 1.165) is 6.42 Å². The van der Waals surface area contributed by atoms with Gasteiger partial charge in [0.2, 0.25) is 6.36 Å². The third-order valence-electron chi connectivity index (χ3n) is 3.49. The summed E-state index contributed by atoms with van der Waals surface area (Å²) in [5.41, 5.74) is 1.77. The average Bonchev–Trinajstić information content (AvgIpc) is 2.77. The molecule has 0 aliphatic carbocycles. The van der Waals surface area contributed by atoms with E-state index in [4.69, 9.17) is 4.74 Å². The first kappa shape index (κ1) is 13.1. The van der Waals surface area contributed by atoms with Gasteiger partial charge in [-0.15, -0.1) is 0 Å². The summed E-state index contributed by atoms with van der Waals surface area (Å²) < 4.78 is 20.2. The molecule has 0 spiro atoms. The molecule has 1 fully saturated rings. The molecule has 6 heteroatoms. The van der Waals surface area contributed by atoms with Crippen LogP contribution in [0.3, 0.4) is 0 Å². The van der Waals surface area contributed by atoms with Gasteiger partial charge in [-0.3, -0.25) is 9.20 Å². The quantitative estimate of drug-likeness (QED) is 0.911. The van der Waals surface area contributed by atoms with Gasteiger partial charge in [-0.05, 0) is 31.9 Å². The number of pyridine rings is 1. The number of carbonyl (C=O) groups excluding carboxylic acids is 1. The highest BCUT2D eigenvalue weighted by Gasteiger charge is 2.28. The molecule has 2 atom stereocenters. The van der Waals surface area contributed by atoms with Crippen molar-refractivity contribution < 1.29 is 13.9 Å². The Morgan fingerprint density at radius 1 is 1.55 bits per heavy atom. The van der Waals surface area contributed by atoms with Crippen LogP contribution in [0.15, 0.2) is 24.4 Å². The number of fused-ring (bicyclic) bond motifs is 1. The lowest BCUT2D eigenvalue weighted by molar-refractivity contribution is -0.0871. The van der Waals surface area contributed by atoms with Crippen LogP contribution in [0.2, 0.25) is 0 Å². The van der Waals surface area contributed by atoms with Crippen molar-refractivity contribution in [3.63, 3.8) is 0 Å². The van der Waals surface area contributed by atoms with Gasteiger partial charge in [-0.25, -0.2) is 9.37 Å². The number of nitrogens with one attached hydrogen (secondary N) is 1. The monoisotopic (exact) mass is 277 g/mol. The minimum Gasteiger partial charge on any atom is -0.347 e. The van der Waals surface area contributed by atoms with Crippen LogP contribution < -0.4 is 5.32 Å². The Morgan fingerprint density at radius 3 is 3.20 bits per heavy atom. The van der Waals surface area contributed by atoms with Gasteiger partial charge in [0.1, 0.15) is 11.3 Å². The molecule has 0 aromatic carbocycles. The fraction of sp³-hybridized carbons (Fsp3) is 0.429. The highest BCUT2D eigenvalue weighted by atomic mass is 19.1. The Bertz CT molecular complexity index is 640. The number of rotatable bonds is 2. The highest BCUT2D eigenvalue weighted by Crippen LogP contribution is 2.17. The van der Waals surface area contributed by atoms with Gasteiger partial charge in [0.05, 0.1) is 18.3 Å². The van der Waals surface area contributed by atoms with Crippen LogP contribution >= 0.6 is 0 Å². The van der Waals surface area contributed by atoms with Crippen molar-refractivity contribution in [1.82, 2.24) is 14.7 Å². The smallest absolute Gasteiger partial charge is 0.270 e. The number of aryl methyl sites for hydroxylation is 1. The summed E-state index contributed by atoms with van der Waals surface area (Å²) in [5.74, 6) is -0.320. The molecule has 0 bridgehead atoms. The van der Waals surface area contributed by atoms with Gasteiger partial charge in [-0.1, -0.05) is 6.07 Å². The SMILES string of the molecule is Cc1nc2ccccn2c1C(=O)NC1CCCOC1F. The van der Waals surface area contributed by atoms with E-state index in [1.807, 2.05) is 18.2 Å². The fourth-order valence-corrected chi connectivity index (χ4v) is 2.51. The van der Waals surface area contributed by atoms with E-state index in [2.05, 4.69) is 10.3 Å². The van der Waals surface area contributed by atoms with Crippen LogP contribution in [-0.4, -0.2) is 34.3 Å². The second-order valence-electron chi connectivity index (χ2n) is 4.92. The maximum Gasteiger partial charge on any atom is 0.270 e. The van der Waals surface area contributed by atoms with Crippen molar-refractivity contribution in [1.29, 1.82) is 0 Å². The number of nitrogens with zero attached hydrogens (tertiary/aromatic N) is 2. The molecular formula is C14H16FN3O2. The second kappa shape index (κ2) is 5.20. The van der Waals surface area contributed by atoms with Crippen LogP contribution in [0.1, 0.15) is 29.0 Å². The summed E-state index contributed by atoms with van der Waals surface area (Å²) in [5, 5.41) is 2.70. The number of hydrogen-bond donors (Lipinski definition) is 1. The zero-order valence-electron chi connectivity index (χ0n) is 11.2. The Labute approximate surface area is 115 Å². The molecule has 1 saturated heterocycles. The zero-order valence-corrected chi connectivity index (χ0v) is 11.2. The highest BCUT2D eigenvalue weighted by molar-refractivity contribution is 5.94. The topological polar surface area (TPSA) is 55.6 Å². The number of alkyl halides is 1. The fourth-order valence-electron chi connectivity index (χ4n) is 2.51. The normalized spacial score (nSPS) is 22.9. The Kier molecular flexibility index (Phi) is 3.40. The van der Waals surface area contributed by atoms with Crippen molar-refractivity contribution in [2.75, 3.05) is 6.61 Å². The minimum atomic E-state index is -1.44. The molecule has 0 radical (unpaired) electrons. The molecule has 2 unspecified atom stereocenters. The minimum absolute atomic E-state index is 0.320. The Hall–Kier alpha value is -1.95. The van der Waals surface area contributed by atoms with Crippen molar-refractivity contribution in [3.8, 4) is 0 Å². The van der Waals surface area contributed by atoms with Gasteiger partial charge in [0.15, 0.2) is 0 Å². The second-order valence-corrected chi connectivity index (χ2v) is 4.92. The first-order valence-electron chi connectivity index (χ1n) is 6.67. The van der Waals surface area contributed by atoms with Gasteiger partial charge >= 0.3 is 0 Å². The third kappa shape index (κ3) is 2.27. The van der Waals surface area contributed by atoms with Crippen LogP contribution in [0.5, 0.6) is 0 Å². The predicted molar refractivity (Wildman–Crippen MR) is 71.3 cm³/mol. The number of halogens is 1. The molecule has 0 saturated carbocycles. The van der Waals surface area contributed by atoms with E-state index in [1.165, 1.54) is 0 Å². The molecule has 3 rings (SSSR count).